The molecule has 1 amide bonds. The van der Waals surface area contributed by atoms with Gasteiger partial charge < -0.3 is 10.4 Å². The Morgan fingerprint density at radius 1 is 0.963 bits per heavy atom. The fourth-order valence-corrected chi connectivity index (χ4v) is 4.64. The summed E-state index contributed by atoms with van der Waals surface area (Å²) < 4.78 is -1.36. The van der Waals surface area contributed by atoms with Crippen molar-refractivity contribution in [3.63, 3.8) is 0 Å². The summed E-state index contributed by atoms with van der Waals surface area (Å²) >= 11 is 36.4. The summed E-state index contributed by atoms with van der Waals surface area (Å²) in [7, 11) is 0. The van der Waals surface area contributed by atoms with Crippen LogP contribution < -0.4 is 5.32 Å². The Morgan fingerprint density at radius 2 is 1.56 bits per heavy atom. The Bertz CT molecular complexity index is 942. The molecule has 2 N–H and O–H groups in total. The molecule has 0 heterocycles. The second-order valence-electron chi connectivity index (χ2n) is 5.95. The van der Waals surface area contributed by atoms with Crippen LogP contribution in [0.1, 0.15) is 21.8 Å². The highest BCUT2D eigenvalue weighted by Gasteiger charge is 2.67. The molecule has 0 aromatic heterocycles. The van der Waals surface area contributed by atoms with Gasteiger partial charge in [0.15, 0.2) is 0 Å². The third-order valence-electron chi connectivity index (χ3n) is 4.11. The van der Waals surface area contributed by atoms with Gasteiger partial charge in [0.25, 0.3) is 0 Å². The maximum atomic E-state index is 12.7. The summed E-state index contributed by atoms with van der Waals surface area (Å²) in [5.41, 5.74) is 0.542. The number of hydrogen-bond donors (Lipinski definition) is 2. The first-order chi connectivity index (χ1) is 12.5. The molecule has 0 aliphatic heterocycles. The van der Waals surface area contributed by atoms with Crippen molar-refractivity contribution < 1.29 is 14.7 Å². The zero-order chi connectivity index (χ0) is 20.1. The minimum Gasteiger partial charge on any atom is -0.478 e. The Labute approximate surface area is 184 Å². The van der Waals surface area contributed by atoms with Gasteiger partial charge in [-0.15, -0.1) is 23.2 Å². The van der Waals surface area contributed by atoms with Gasteiger partial charge in [-0.3, -0.25) is 4.79 Å². The van der Waals surface area contributed by atoms with Gasteiger partial charge in [-0.1, -0.05) is 46.4 Å². The van der Waals surface area contributed by atoms with Gasteiger partial charge >= 0.3 is 5.97 Å². The zero-order valence-electron chi connectivity index (χ0n) is 13.1. The van der Waals surface area contributed by atoms with Gasteiger partial charge in [-0.05, 0) is 35.9 Å². The molecule has 2 aromatic carbocycles. The molecule has 0 unspecified atom stereocenters. The number of nitrogens with one attached hydrogen (secondary N) is 1. The fraction of sp³-hybridized carbons (Fsp3) is 0.176. The quantitative estimate of drug-likeness (QED) is 0.482. The maximum absolute atomic E-state index is 12.7. The number of carbonyl (C=O) groups is 2. The van der Waals surface area contributed by atoms with E-state index in [1.165, 1.54) is 12.1 Å². The Kier molecular flexibility index (Phi) is 5.80. The second kappa shape index (κ2) is 7.51. The van der Waals surface area contributed by atoms with E-state index in [1.807, 2.05) is 0 Å². The molecule has 2 atom stereocenters. The summed E-state index contributed by atoms with van der Waals surface area (Å²) in [5.74, 6) is -3.10. The lowest BCUT2D eigenvalue weighted by atomic mass is 10.1. The van der Waals surface area contributed by atoms with Crippen molar-refractivity contribution in [3.8, 4) is 0 Å². The van der Waals surface area contributed by atoms with E-state index < -0.39 is 28.0 Å². The Morgan fingerprint density at radius 3 is 2.11 bits per heavy atom. The zero-order valence-corrected chi connectivity index (χ0v) is 17.6. The molecular weight excluding hydrogens is 479 g/mol. The highest BCUT2D eigenvalue weighted by molar-refractivity contribution is 6.53. The standard InChI is InChI=1S/C17H9Cl6NO3/c18-7-1-6(2-8(19)3-7)12-13(17(12,22)23)15(25)24-9-4-10(16(26)27)14(21)11(20)5-9/h1-5,12-13H,(H,24,25)(H,26,27)/t12-,13+/m0/s1. The predicted molar refractivity (Wildman–Crippen MR) is 109 cm³/mol. The molecule has 142 valence electrons. The molecule has 1 aliphatic carbocycles. The van der Waals surface area contributed by atoms with Crippen molar-refractivity contribution in [1.29, 1.82) is 0 Å². The van der Waals surface area contributed by atoms with Crippen molar-refractivity contribution in [2.45, 2.75) is 10.3 Å². The highest BCUT2D eigenvalue weighted by atomic mass is 35.5. The van der Waals surface area contributed by atoms with Gasteiger partial charge in [0, 0.05) is 21.7 Å². The molecular formula is C17H9Cl6NO3. The largest absolute Gasteiger partial charge is 0.478 e. The molecule has 0 radical (unpaired) electrons. The molecule has 3 rings (SSSR count). The van der Waals surface area contributed by atoms with E-state index in [2.05, 4.69) is 5.32 Å². The van der Waals surface area contributed by atoms with Gasteiger partial charge in [0.05, 0.1) is 21.5 Å². The smallest absolute Gasteiger partial charge is 0.337 e. The maximum Gasteiger partial charge on any atom is 0.337 e. The molecule has 4 nitrogen and oxygen atoms in total. The average Bonchev–Trinajstić information content (AvgIpc) is 3.12. The SMILES string of the molecule is O=C(O)c1cc(NC(=O)[C@H]2[C@H](c3cc(Cl)cc(Cl)c3)C2(Cl)Cl)cc(Cl)c1Cl. The summed E-state index contributed by atoms with van der Waals surface area (Å²) in [5, 5.41) is 12.4. The van der Waals surface area contributed by atoms with Crippen LogP contribution in [0, 0.1) is 5.92 Å². The van der Waals surface area contributed by atoms with Crippen LogP contribution in [0.15, 0.2) is 30.3 Å². The van der Waals surface area contributed by atoms with E-state index in [4.69, 9.17) is 69.6 Å². The van der Waals surface area contributed by atoms with Gasteiger partial charge in [0.1, 0.15) is 4.33 Å². The number of halogens is 6. The number of carboxylic acid groups (broad SMARTS) is 1. The van der Waals surface area contributed by atoms with E-state index >= 15 is 0 Å². The molecule has 10 heteroatoms. The number of benzene rings is 2. The topological polar surface area (TPSA) is 66.4 Å². The van der Waals surface area contributed by atoms with Crippen LogP contribution >= 0.6 is 69.6 Å². The van der Waals surface area contributed by atoms with Crippen LogP contribution in [0.25, 0.3) is 0 Å². The van der Waals surface area contributed by atoms with Crippen molar-refractivity contribution >= 4 is 87.2 Å². The number of amides is 1. The molecule has 1 saturated carbocycles. The van der Waals surface area contributed by atoms with Crippen molar-refractivity contribution in [2.24, 2.45) is 5.92 Å². The lowest BCUT2D eigenvalue weighted by Crippen LogP contribution is -2.17. The van der Waals surface area contributed by atoms with E-state index in [0.717, 1.165) is 0 Å². The number of carboxylic acids is 1. The molecule has 27 heavy (non-hydrogen) atoms. The fourth-order valence-electron chi connectivity index (χ4n) is 2.86. The number of rotatable bonds is 4. The number of anilines is 1. The van der Waals surface area contributed by atoms with Crippen LogP contribution in [0.2, 0.25) is 20.1 Å². The molecule has 0 spiro atoms. The first kappa shape index (κ1) is 20.8. The first-order valence-corrected chi connectivity index (χ1v) is 9.66. The van der Waals surface area contributed by atoms with E-state index in [-0.39, 0.29) is 21.3 Å². The Balaban J connectivity index is 1.86. The second-order valence-corrected chi connectivity index (χ2v) is 9.05. The first-order valence-electron chi connectivity index (χ1n) is 7.39. The highest BCUT2D eigenvalue weighted by Crippen LogP contribution is 2.65. The molecule has 0 bridgehead atoms. The van der Waals surface area contributed by atoms with E-state index in [9.17, 15) is 14.7 Å². The minimum atomic E-state index is -1.36. The van der Waals surface area contributed by atoms with Crippen LogP contribution in [0.4, 0.5) is 5.69 Å². The third-order valence-corrected chi connectivity index (χ3v) is 6.29. The number of aromatic carboxylic acids is 1. The van der Waals surface area contributed by atoms with Crippen LogP contribution in [0.3, 0.4) is 0 Å². The lowest BCUT2D eigenvalue weighted by Gasteiger charge is -2.09. The summed E-state index contributed by atoms with van der Waals surface area (Å²) in [4.78, 5) is 23.9. The molecule has 0 saturated heterocycles. The summed E-state index contributed by atoms with van der Waals surface area (Å²) in [6.07, 6.45) is 0. The van der Waals surface area contributed by atoms with Crippen molar-refractivity contribution in [3.05, 3.63) is 61.5 Å². The van der Waals surface area contributed by atoms with E-state index in [0.29, 0.717) is 15.6 Å². The van der Waals surface area contributed by atoms with Crippen molar-refractivity contribution in [1.82, 2.24) is 0 Å². The van der Waals surface area contributed by atoms with Gasteiger partial charge in [0.2, 0.25) is 5.91 Å². The summed E-state index contributed by atoms with van der Waals surface area (Å²) in [6, 6.07) is 7.36. The molecule has 1 fully saturated rings. The number of alkyl halides is 2. The number of hydrogen-bond acceptors (Lipinski definition) is 2. The molecule has 1 aliphatic rings. The third kappa shape index (κ3) is 4.12. The normalized spacial score (nSPS) is 20.2. The monoisotopic (exact) mass is 485 g/mol. The van der Waals surface area contributed by atoms with Gasteiger partial charge in [-0.25, -0.2) is 4.79 Å². The van der Waals surface area contributed by atoms with Crippen LogP contribution in [-0.4, -0.2) is 21.3 Å². The predicted octanol–water partition coefficient (Wildman–Crippen LogP) is 6.52. The van der Waals surface area contributed by atoms with Gasteiger partial charge in [-0.2, -0.15) is 0 Å². The van der Waals surface area contributed by atoms with Crippen LogP contribution in [0.5, 0.6) is 0 Å². The van der Waals surface area contributed by atoms with E-state index in [1.54, 1.807) is 18.2 Å². The molecule has 2 aromatic rings. The average molecular weight is 488 g/mol. The lowest BCUT2D eigenvalue weighted by molar-refractivity contribution is -0.117. The van der Waals surface area contributed by atoms with Crippen molar-refractivity contribution in [2.75, 3.05) is 5.32 Å². The number of carbonyl (C=O) groups excluding carboxylic acids is 1. The Hall–Kier alpha value is -0.880. The van der Waals surface area contributed by atoms with Crippen LogP contribution in [-0.2, 0) is 4.79 Å². The summed E-state index contributed by atoms with van der Waals surface area (Å²) in [6.45, 7) is 0. The minimum absolute atomic E-state index is 0.0103.